The molecular formula is C23H28N4O3. The van der Waals surface area contributed by atoms with Gasteiger partial charge in [-0.25, -0.2) is 4.79 Å². The van der Waals surface area contributed by atoms with E-state index in [4.69, 9.17) is 10.00 Å². The van der Waals surface area contributed by atoms with Gasteiger partial charge in [-0.05, 0) is 55.8 Å². The van der Waals surface area contributed by atoms with Crippen molar-refractivity contribution in [1.29, 1.82) is 5.26 Å². The Morgan fingerprint density at radius 3 is 2.70 bits per heavy atom. The van der Waals surface area contributed by atoms with Crippen LogP contribution in [0, 0.1) is 11.3 Å². The summed E-state index contributed by atoms with van der Waals surface area (Å²) in [5, 5.41) is 25.0. The van der Waals surface area contributed by atoms with E-state index in [1.54, 1.807) is 24.3 Å². The molecule has 2 aromatic rings. The minimum atomic E-state index is -0.639. The molecule has 0 bridgehead atoms. The van der Waals surface area contributed by atoms with Gasteiger partial charge >= 0.3 is 6.03 Å². The van der Waals surface area contributed by atoms with Crippen molar-refractivity contribution in [2.45, 2.75) is 31.4 Å². The van der Waals surface area contributed by atoms with Crippen LogP contribution in [0.5, 0.6) is 5.75 Å². The Kier molecular flexibility index (Phi) is 8.07. The molecule has 1 aliphatic heterocycles. The molecule has 0 spiro atoms. The van der Waals surface area contributed by atoms with Gasteiger partial charge in [0.2, 0.25) is 0 Å². The molecule has 1 heterocycles. The Labute approximate surface area is 177 Å². The molecule has 1 aliphatic rings. The lowest BCUT2D eigenvalue weighted by Gasteiger charge is -2.36. The Balaban J connectivity index is 1.43. The number of urea groups is 1. The Morgan fingerprint density at radius 2 is 1.97 bits per heavy atom. The van der Waals surface area contributed by atoms with E-state index in [9.17, 15) is 9.90 Å². The van der Waals surface area contributed by atoms with Crippen molar-refractivity contribution in [2.24, 2.45) is 0 Å². The van der Waals surface area contributed by atoms with Crippen LogP contribution in [0.1, 0.15) is 24.8 Å². The number of ether oxygens (including phenoxy) is 1. The summed E-state index contributed by atoms with van der Waals surface area (Å²) in [6.45, 7) is 2.09. The second kappa shape index (κ2) is 11.2. The number of rotatable bonds is 8. The molecular weight excluding hydrogens is 380 g/mol. The predicted molar refractivity (Wildman–Crippen MR) is 115 cm³/mol. The van der Waals surface area contributed by atoms with Crippen LogP contribution in [0.4, 0.5) is 10.5 Å². The zero-order valence-corrected chi connectivity index (χ0v) is 17.0. The summed E-state index contributed by atoms with van der Waals surface area (Å²) in [5.74, 6) is 0.627. The maximum absolute atomic E-state index is 12.2. The van der Waals surface area contributed by atoms with Gasteiger partial charge in [-0.3, -0.25) is 4.90 Å². The van der Waals surface area contributed by atoms with Gasteiger partial charge in [0.15, 0.2) is 0 Å². The van der Waals surface area contributed by atoms with E-state index >= 15 is 0 Å². The summed E-state index contributed by atoms with van der Waals surface area (Å²) in [7, 11) is 0. The first-order valence-electron chi connectivity index (χ1n) is 10.3. The molecule has 7 heteroatoms. The zero-order valence-electron chi connectivity index (χ0n) is 17.0. The van der Waals surface area contributed by atoms with Crippen molar-refractivity contribution in [3.63, 3.8) is 0 Å². The maximum Gasteiger partial charge on any atom is 0.319 e. The second-order valence-corrected chi connectivity index (χ2v) is 7.45. The lowest BCUT2D eigenvalue weighted by Crippen LogP contribution is -2.50. The smallest absolute Gasteiger partial charge is 0.319 e. The molecule has 1 fully saturated rings. The number of piperidine rings is 1. The highest BCUT2D eigenvalue weighted by Crippen LogP contribution is 2.18. The minimum Gasteiger partial charge on any atom is -0.491 e. The van der Waals surface area contributed by atoms with Crippen LogP contribution in [-0.4, -0.2) is 54.4 Å². The number of hydrogen-bond acceptors (Lipinski definition) is 5. The molecule has 0 saturated carbocycles. The van der Waals surface area contributed by atoms with E-state index in [1.165, 1.54) is 0 Å². The molecule has 0 radical (unpaired) electrons. The molecule has 0 aromatic heterocycles. The lowest BCUT2D eigenvalue weighted by molar-refractivity contribution is 0.0403. The van der Waals surface area contributed by atoms with E-state index in [-0.39, 0.29) is 18.7 Å². The van der Waals surface area contributed by atoms with Gasteiger partial charge in [0.25, 0.3) is 0 Å². The number of carbonyl (C=O) groups is 1. The average molecular weight is 409 g/mol. The van der Waals surface area contributed by atoms with Crippen molar-refractivity contribution in [1.82, 2.24) is 10.2 Å². The Bertz CT molecular complexity index is 836. The first-order valence-corrected chi connectivity index (χ1v) is 10.3. The third kappa shape index (κ3) is 6.76. The number of aliphatic hydroxyl groups is 1. The molecule has 2 amide bonds. The van der Waals surface area contributed by atoms with Crippen LogP contribution in [0.3, 0.4) is 0 Å². The monoisotopic (exact) mass is 408 g/mol. The fraction of sp³-hybridized carbons (Fsp3) is 0.391. The summed E-state index contributed by atoms with van der Waals surface area (Å²) in [5.41, 5.74) is 1.33. The summed E-state index contributed by atoms with van der Waals surface area (Å²) in [4.78, 5) is 14.4. The summed E-state index contributed by atoms with van der Waals surface area (Å²) in [6.07, 6.45) is 2.53. The number of amides is 2. The first kappa shape index (κ1) is 21.6. The first-order chi connectivity index (χ1) is 14.6. The van der Waals surface area contributed by atoms with Crippen LogP contribution >= 0.6 is 0 Å². The second-order valence-electron chi connectivity index (χ2n) is 7.45. The predicted octanol–water partition coefficient (Wildman–Crippen LogP) is 2.97. The zero-order chi connectivity index (χ0) is 21.2. The van der Waals surface area contributed by atoms with Crippen molar-refractivity contribution in [2.75, 3.05) is 31.6 Å². The number of hydrogen-bond donors (Lipinski definition) is 3. The van der Waals surface area contributed by atoms with Crippen LogP contribution < -0.4 is 15.4 Å². The maximum atomic E-state index is 12.2. The average Bonchev–Trinajstić information content (AvgIpc) is 2.78. The molecule has 3 rings (SSSR count). The van der Waals surface area contributed by atoms with E-state index < -0.39 is 6.10 Å². The number of nitrogens with zero attached hydrogens (tertiary/aromatic N) is 2. The van der Waals surface area contributed by atoms with Gasteiger partial charge in [-0.1, -0.05) is 24.6 Å². The number of carbonyl (C=O) groups excluding carboxylic acids is 1. The normalized spacial score (nSPS) is 17.5. The molecule has 158 valence electrons. The van der Waals surface area contributed by atoms with Crippen molar-refractivity contribution >= 4 is 11.7 Å². The third-order valence-electron chi connectivity index (χ3n) is 5.15. The van der Waals surface area contributed by atoms with E-state index in [0.29, 0.717) is 24.4 Å². The standard InChI is InChI=1S/C23H28N4O3/c24-14-18-9-11-22(12-10-18)30-17-21(28)16-27-13-5-4-8-20(27)15-25-23(29)26-19-6-2-1-3-7-19/h1-3,6-7,9-12,20-21,28H,4-5,8,13,15-17H2,(H2,25,26,29). The SMILES string of the molecule is N#Cc1ccc(OCC(O)CN2CCCCC2CNC(=O)Nc2ccccc2)cc1. The Morgan fingerprint density at radius 1 is 1.20 bits per heavy atom. The molecule has 0 aliphatic carbocycles. The van der Waals surface area contributed by atoms with Crippen LogP contribution in [0.2, 0.25) is 0 Å². The number of para-hydroxylation sites is 1. The van der Waals surface area contributed by atoms with Gasteiger partial charge in [-0.15, -0.1) is 0 Å². The lowest BCUT2D eigenvalue weighted by atomic mass is 10.0. The molecule has 2 aromatic carbocycles. The number of anilines is 1. The van der Waals surface area contributed by atoms with E-state index in [1.807, 2.05) is 30.3 Å². The number of likely N-dealkylation sites (tertiary alicyclic amines) is 1. The fourth-order valence-corrected chi connectivity index (χ4v) is 3.58. The van der Waals surface area contributed by atoms with Gasteiger partial charge in [0.1, 0.15) is 18.5 Å². The van der Waals surface area contributed by atoms with E-state index in [2.05, 4.69) is 21.6 Å². The summed E-state index contributed by atoms with van der Waals surface area (Å²) >= 11 is 0. The Hall–Kier alpha value is -3.08. The number of aliphatic hydroxyl groups excluding tert-OH is 1. The van der Waals surface area contributed by atoms with Crippen molar-refractivity contribution < 1.29 is 14.6 Å². The van der Waals surface area contributed by atoms with Gasteiger partial charge < -0.3 is 20.5 Å². The molecule has 2 unspecified atom stereocenters. The molecule has 30 heavy (non-hydrogen) atoms. The summed E-state index contributed by atoms with van der Waals surface area (Å²) in [6, 6.07) is 18.2. The highest BCUT2D eigenvalue weighted by Gasteiger charge is 2.25. The van der Waals surface area contributed by atoms with Crippen LogP contribution in [0.25, 0.3) is 0 Å². The quantitative estimate of drug-likeness (QED) is 0.624. The van der Waals surface area contributed by atoms with Crippen molar-refractivity contribution in [3.05, 3.63) is 60.2 Å². The largest absolute Gasteiger partial charge is 0.491 e. The molecule has 1 saturated heterocycles. The summed E-state index contributed by atoms with van der Waals surface area (Å²) < 4.78 is 5.64. The highest BCUT2D eigenvalue weighted by atomic mass is 16.5. The van der Waals surface area contributed by atoms with Crippen molar-refractivity contribution in [3.8, 4) is 11.8 Å². The topological polar surface area (TPSA) is 97.6 Å². The fourth-order valence-electron chi connectivity index (χ4n) is 3.58. The molecule has 7 nitrogen and oxygen atoms in total. The minimum absolute atomic E-state index is 0.178. The number of nitrogens with one attached hydrogen (secondary N) is 2. The molecule has 2 atom stereocenters. The van der Waals surface area contributed by atoms with Gasteiger partial charge in [-0.2, -0.15) is 5.26 Å². The molecule has 3 N–H and O–H groups in total. The van der Waals surface area contributed by atoms with Gasteiger partial charge in [0, 0.05) is 24.8 Å². The van der Waals surface area contributed by atoms with Gasteiger partial charge in [0.05, 0.1) is 11.6 Å². The number of β-amino-alcohol motifs (C(OH)–C–C–N with tert-alkyl or cyclic N) is 1. The number of nitriles is 1. The van der Waals surface area contributed by atoms with Crippen LogP contribution in [0.15, 0.2) is 54.6 Å². The highest BCUT2D eigenvalue weighted by molar-refractivity contribution is 5.89. The van der Waals surface area contributed by atoms with E-state index in [0.717, 1.165) is 31.5 Å². The number of benzene rings is 2. The van der Waals surface area contributed by atoms with Crippen LogP contribution in [-0.2, 0) is 0 Å². The third-order valence-corrected chi connectivity index (χ3v) is 5.15.